The lowest BCUT2D eigenvalue weighted by Crippen LogP contribution is -2.61. The van der Waals surface area contributed by atoms with E-state index in [1.54, 1.807) is 45.0 Å². The van der Waals surface area contributed by atoms with Crippen molar-refractivity contribution in [3.63, 3.8) is 0 Å². The number of aliphatic carboxylic acids is 4. The highest BCUT2D eigenvalue weighted by Gasteiger charge is 2.45. The maximum absolute atomic E-state index is 14.9. The van der Waals surface area contributed by atoms with Gasteiger partial charge in [-0.1, -0.05) is 68.3 Å². The molecule has 2 aromatic rings. The lowest BCUT2D eigenvalue weighted by atomic mass is 10.0. The van der Waals surface area contributed by atoms with Crippen LogP contribution in [0.5, 0.6) is 0 Å². The van der Waals surface area contributed by atoms with E-state index in [4.69, 9.17) is 5.73 Å². The van der Waals surface area contributed by atoms with Gasteiger partial charge in [-0.2, -0.15) is 35.3 Å². The number of rotatable bonds is 26. The Balaban J connectivity index is 1.25. The van der Waals surface area contributed by atoms with Crippen LogP contribution in [0.4, 0.5) is 0 Å². The van der Waals surface area contributed by atoms with Crippen LogP contribution in [0.25, 0.3) is 0 Å². The summed E-state index contributed by atoms with van der Waals surface area (Å²) < 4.78 is 0. The van der Waals surface area contributed by atoms with Crippen molar-refractivity contribution in [2.45, 2.75) is 169 Å². The van der Waals surface area contributed by atoms with E-state index in [-0.39, 0.29) is 134 Å². The highest BCUT2D eigenvalue weighted by atomic mass is 32.2. The number of hydrogen-bond donors (Lipinski definition) is 12. The quantitative estimate of drug-likeness (QED) is 0.0543. The zero-order valence-electron chi connectivity index (χ0n) is 56.1. The average molecular weight is 1440 g/mol. The molecule has 9 amide bonds. The maximum atomic E-state index is 14.9. The van der Waals surface area contributed by atoms with E-state index in [2.05, 4.69) is 31.9 Å². The SMILES string of the molecule is CCCCCC(=O)N[C@H]1CSCc2cc(CSCCNC(=O)CCC(C(=O)O)N3CCN(CC(=O)O)CCN(CC(=O)O)CC3)cc(c2)CSC[C@@H](C(=O)O)NC(=O)[C@H](Cc2ccccc2)NC(=O)[C@H](CCC(N)=O)NC(=O)[C@H]([C@@H](C)O)NC(=O)[C@@H]2CCCN2C(=O)[C@@H]2CCCN2C1=O. The van der Waals surface area contributed by atoms with Crippen molar-refractivity contribution in [1.82, 2.24) is 56.4 Å². The van der Waals surface area contributed by atoms with E-state index in [1.807, 2.05) is 25.1 Å². The molecule has 9 atom stereocenters. The van der Waals surface area contributed by atoms with Gasteiger partial charge in [0.2, 0.25) is 53.2 Å². The van der Waals surface area contributed by atoms with Crippen LogP contribution in [-0.4, -0.2) is 271 Å². The molecule has 3 fully saturated rings. The number of carbonyl (C=O) groups excluding carboxylic acids is 9. The molecular formula is C66H96N12O18S3. The predicted molar refractivity (Wildman–Crippen MR) is 369 cm³/mol. The molecule has 2 aromatic carbocycles. The molecule has 0 aromatic heterocycles. The smallest absolute Gasteiger partial charge is 0.327 e. The molecule has 99 heavy (non-hydrogen) atoms. The van der Waals surface area contributed by atoms with Crippen LogP contribution in [0.3, 0.4) is 0 Å². The third-order valence-electron chi connectivity index (χ3n) is 17.5. The molecular weight excluding hydrogens is 1340 g/mol. The molecule has 0 saturated carbocycles. The third-order valence-corrected chi connectivity index (χ3v) is 20.7. The topological polar surface area (TPSA) is 437 Å². The second-order valence-corrected chi connectivity index (χ2v) is 28.4. The number of unbranched alkanes of at least 4 members (excludes halogenated alkanes) is 2. The van der Waals surface area contributed by atoms with Gasteiger partial charge in [0.05, 0.1) is 19.2 Å². The number of fused-ring (bicyclic) bond motifs is 4. The highest BCUT2D eigenvalue weighted by Crippen LogP contribution is 2.29. The van der Waals surface area contributed by atoms with Crippen molar-refractivity contribution in [2.24, 2.45) is 5.73 Å². The van der Waals surface area contributed by atoms with Gasteiger partial charge in [0.15, 0.2) is 0 Å². The maximum Gasteiger partial charge on any atom is 0.327 e. The summed E-state index contributed by atoms with van der Waals surface area (Å²) in [5.74, 6) is -9.73. The number of aliphatic hydroxyl groups excluding tert-OH is 1. The van der Waals surface area contributed by atoms with Crippen LogP contribution in [0.15, 0.2) is 48.5 Å². The molecule has 30 nitrogen and oxygen atoms in total. The molecule has 33 heteroatoms. The van der Waals surface area contributed by atoms with Gasteiger partial charge in [0.25, 0.3) is 0 Å². The van der Waals surface area contributed by atoms with Crippen molar-refractivity contribution in [3.05, 3.63) is 70.8 Å². The van der Waals surface area contributed by atoms with Crippen LogP contribution >= 0.6 is 35.3 Å². The Morgan fingerprint density at radius 3 is 1.85 bits per heavy atom. The highest BCUT2D eigenvalue weighted by molar-refractivity contribution is 7.99. The molecule has 1 unspecified atom stereocenters. The Morgan fingerprint density at radius 1 is 0.657 bits per heavy atom. The molecule has 546 valence electrons. The minimum Gasteiger partial charge on any atom is -0.480 e. The van der Waals surface area contributed by atoms with Crippen molar-refractivity contribution in [1.29, 1.82) is 0 Å². The number of primary amides is 1. The van der Waals surface area contributed by atoms with E-state index in [0.717, 1.165) is 29.5 Å². The van der Waals surface area contributed by atoms with Gasteiger partial charge in [0, 0.05) is 119 Å². The lowest BCUT2D eigenvalue weighted by Gasteiger charge is -2.33. The summed E-state index contributed by atoms with van der Waals surface area (Å²) in [6.45, 7) is 4.43. The number of amides is 9. The second kappa shape index (κ2) is 41.2. The summed E-state index contributed by atoms with van der Waals surface area (Å²) >= 11 is 4.05. The molecule has 0 aliphatic carbocycles. The van der Waals surface area contributed by atoms with E-state index in [9.17, 15) is 87.9 Å². The third kappa shape index (κ3) is 26.8. The van der Waals surface area contributed by atoms with Crippen molar-refractivity contribution < 1.29 is 87.9 Å². The zero-order valence-corrected chi connectivity index (χ0v) is 58.6. The summed E-state index contributed by atoms with van der Waals surface area (Å²) in [6.07, 6.45) is 0.833. The van der Waals surface area contributed by atoms with E-state index in [1.165, 1.54) is 52.0 Å². The van der Waals surface area contributed by atoms with Crippen molar-refractivity contribution >= 4 is 112 Å². The number of nitrogens with one attached hydrogen (secondary N) is 6. The van der Waals surface area contributed by atoms with Gasteiger partial charge in [0.1, 0.15) is 48.3 Å². The number of carboxylic acid groups (broad SMARTS) is 4. The van der Waals surface area contributed by atoms with E-state index >= 15 is 0 Å². The fourth-order valence-electron chi connectivity index (χ4n) is 12.3. The number of nitrogens with two attached hydrogens (primary N) is 1. The molecule has 4 heterocycles. The number of hydrogen-bond acceptors (Lipinski definition) is 20. The minimum atomic E-state index is -1.72. The van der Waals surface area contributed by atoms with Gasteiger partial charge >= 0.3 is 23.9 Å². The van der Waals surface area contributed by atoms with Gasteiger partial charge < -0.3 is 73.0 Å². The Labute approximate surface area is 588 Å². The molecule has 13 N–H and O–H groups in total. The fourth-order valence-corrected chi connectivity index (χ4v) is 15.1. The summed E-state index contributed by atoms with van der Waals surface area (Å²) in [4.78, 5) is 182. The minimum absolute atomic E-state index is 0.0698. The first-order valence-corrected chi connectivity index (χ1v) is 37.1. The van der Waals surface area contributed by atoms with Crippen LogP contribution in [-0.2, 0) is 86.0 Å². The fraction of sp³-hybridized carbons (Fsp3) is 0.621. The molecule has 0 radical (unpaired) electrons. The largest absolute Gasteiger partial charge is 0.480 e. The first kappa shape index (κ1) is 80.4. The Bertz CT molecular complexity index is 3110. The van der Waals surface area contributed by atoms with Crippen molar-refractivity contribution in [3.8, 4) is 0 Å². The number of carboxylic acids is 4. The number of benzene rings is 2. The number of aliphatic hydroxyl groups is 1. The lowest BCUT2D eigenvalue weighted by molar-refractivity contribution is -0.148. The van der Waals surface area contributed by atoms with Crippen LogP contribution < -0.4 is 37.6 Å². The number of nitrogens with zero attached hydrogens (tertiary/aromatic N) is 5. The van der Waals surface area contributed by atoms with Gasteiger partial charge in [-0.15, -0.1) is 0 Å². The molecule has 4 aliphatic heterocycles. The van der Waals surface area contributed by atoms with Gasteiger partial charge in [-0.05, 0) is 74.1 Å². The van der Waals surface area contributed by atoms with Crippen LogP contribution in [0.2, 0.25) is 0 Å². The molecule has 6 rings (SSSR count). The first-order chi connectivity index (χ1) is 47.3. The molecule has 0 spiro atoms. The summed E-state index contributed by atoms with van der Waals surface area (Å²) in [6, 6.07) is 3.71. The monoisotopic (exact) mass is 1440 g/mol. The Kier molecular flexibility index (Phi) is 33.5. The molecule has 2 bridgehead atoms. The summed E-state index contributed by atoms with van der Waals surface area (Å²) in [5.41, 5.74) is 8.47. The average Bonchev–Trinajstić information content (AvgIpc) is 1.68. The van der Waals surface area contributed by atoms with Gasteiger partial charge in [-0.25, -0.2) is 4.79 Å². The summed E-state index contributed by atoms with van der Waals surface area (Å²) in [5, 5.41) is 66.8. The molecule has 4 aliphatic rings. The molecule has 3 saturated heterocycles. The standard InChI is InChI=1S/C66H96N12O18S3/c1-3-4-6-15-55(82)69-48-39-98-37-44-30-43(36-97-29-20-68-54(81)19-17-52(66(95)96)76-27-25-74(34-56(83)84)23-24-75(26-28-76)35-57(85)86)31-45(32-44)38-99-40-49(65(93)94)72-60(88)47(33-42-11-7-5-8-12-42)71-59(87)46(16-18-53(67)80)70-62(90)58(41(2)79)73-61(89)50-13-9-21-77(50)64(92)51-14-10-22-78(51)63(48)91/h5,7-8,11-12,30-32,41,46-52,58,79H,3-4,6,9-10,13-29,33-40H2,1-2H3,(H2,67,80)(H,68,81)(H,69,82)(H,70,90)(H,71,87)(H,72,88)(H,73,89)(H,83,84)(H,85,86)(H,93,94)(H,95,96)/t41-,46+,47+,48+,49+,50+,51+,52?,58+/m1/s1. The Hall–Kier alpha value is -7.56. The van der Waals surface area contributed by atoms with Crippen LogP contribution in [0.1, 0.15) is 113 Å². The zero-order chi connectivity index (χ0) is 72.1. The number of carbonyl (C=O) groups is 13. The first-order valence-electron chi connectivity index (χ1n) is 33.6. The van der Waals surface area contributed by atoms with E-state index in [0.29, 0.717) is 42.1 Å². The Morgan fingerprint density at radius 2 is 1.25 bits per heavy atom. The van der Waals surface area contributed by atoms with Crippen molar-refractivity contribution in [2.75, 3.05) is 89.3 Å². The van der Waals surface area contributed by atoms with Crippen LogP contribution in [0, 0.1) is 0 Å². The number of thioether (sulfide) groups is 3. The normalized spacial score (nSPS) is 23.4. The second-order valence-electron chi connectivity index (χ2n) is 25.3. The van der Waals surface area contributed by atoms with Gasteiger partial charge in [-0.3, -0.25) is 72.2 Å². The predicted octanol–water partition coefficient (Wildman–Crippen LogP) is -0.202. The van der Waals surface area contributed by atoms with E-state index < -0.39 is 138 Å². The summed E-state index contributed by atoms with van der Waals surface area (Å²) in [7, 11) is 0.